The van der Waals surface area contributed by atoms with Crippen molar-refractivity contribution in [1.82, 2.24) is 10.5 Å². The van der Waals surface area contributed by atoms with Gasteiger partial charge < -0.3 is 9.84 Å². The molecule has 4 nitrogen and oxygen atoms in total. The summed E-state index contributed by atoms with van der Waals surface area (Å²) in [6.45, 7) is 2.34. The summed E-state index contributed by atoms with van der Waals surface area (Å²) in [5.41, 5.74) is 1.39. The van der Waals surface area contributed by atoms with Crippen molar-refractivity contribution in [2.24, 2.45) is 0 Å². The van der Waals surface area contributed by atoms with Gasteiger partial charge in [0.2, 0.25) is 0 Å². The van der Waals surface area contributed by atoms with Gasteiger partial charge in [0.05, 0.1) is 10.7 Å². The summed E-state index contributed by atoms with van der Waals surface area (Å²) in [6.07, 6.45) is 0.637. The number of hydrogen-bond donors (Lipinski definition) is 1. The number of carbonyl (C=O) groups is 1. The number of carbonyl (C=O) groups excluding carboxylic acids is 1. The maximum absolute atomic E-state index is 11.9. The summed E-state index contributed by atoms with van der Waals surface area (Å²) in [7, 11) is 0. The predicted molar refractivity (Wildman–Crippen MR) is 76.4 cm³/mol. The molecule has 100 valence electrons. The smallest absolute Gasteiger partial charge is 0.251 e. The Hall–Kier alpha value is -1.33. The lowest BCUT2D eigenvalue weighted by atomic mass is 10.2. The standard InChI is InChI=1S/C13H12BrClN2O2/c1-8-6-10(17-19-8)4-5-16-13(18)9-2-3-12(15)11(14)7-9/h2-3,6-7H,4-5H2,1H3,(H,16,18). The molecular formula is C13H12BrClN2O2. The lowest BCUT2D eigenvalue weighted by Gasteiger charge is -2.05. The van der Waals surface area contributed by atoms with E-state index in [0.29, 0.717) is 28.0 Å². The first-order valence-electron chi connectivity index (χ1n) is 5.71. The van der Waals surface area contributed by atoms with E-state index in [-0.39, 0.29) is 5.91 Å². The van der Waals surface area contributed by atoms with Gasteiger partial charge in [-0.1, -0.05) is 16.8 Å². The molecule has 0 aliphatic heterocycles. The normalized spacial score (nSPS) is 10.5. The summed E-state index contributed by atoms with van der Waals surface area (Å²) >= 11 is 9.16. The van der Waals surface area contributed by atoms with E-state index in [9.17, 15) is 4.79 Å². The Morgan fingerprint density at radius 3 is 2.89 bits per heavy atom. The number of aromatic nitrogens is 1. The Balaban J connectivity index is 1.89. The zero-order valence-electron chi connectivity index (χ0n) is 10.2. The zero-order chi connectivity index (χ0) is 13.8. The van der Waals surface area contributed by atoms with Crippen molar-refractivity contribution < 1.29 is 9.32 Å². The van der Waals surface area contributed by atoms with Crippen molar-refractivity contribution in [3.8, 4) is 0 Å². The predicted octanol–water partition coefficient (Wildman–Crippen LogP) is 3.37. The minimum Gasteiger partial charge on any atom is -0.361 e. The maximum Gasteiger partial charge on any atom is 0.251 e. The van der Waals surface area contributed by atoms with Crippen LogP contribution in [0.4, 0.5) is 0 Å². The van der Waals surface area contributed by atoms with Crippen LogP contribution in [0.25, 0.3) is 0 Å². The second-order valence-corrected chi connectivity index (χ2v) is 5.33. The molecule has 0 radical (unpaired) electrons. The molecule has 0 unspecified atom stereocenters. The number of halogens is 2. The first-order valence-corrected chi connectivity index (χ1v) is 6.89. The highest BCUT2D eigenvalue weighted by atomic mass is 79.9. The Morgan fingerprint density at radius 1 is 1.47 bits per heavy atom. The van der Waals surface area contributed by atoms with E-state index in [4.69, 9.17) is 16.1 Å². The minimum atomic E-state index is -0.141. The van der Waals surface area contributed by atoms with Crippen LogP contribution in [0.2, 0.25) is 5.02 Å². The first kappa shape index (κ1) is 14.1. The van der Waals surface area contributed by atoms with Gasteiger partial charge in [0.25, 0.3) is 5.91 Å². The van der Waals surface area contributed by atoms with E-state index >= 15 is 0 Å². The van der Waals surface area contributed by atoms with E-state index in [2.05, 4.69) is 26.4 Å². The molecule has 1 aromatic carbocycles. The molecule has 1 amide bonds. The lowest BCUT2D eigenvalue weighted by Crippen LogP contribution is -2.25. The fraction of sp³-hybridized carbons (Fsp3) is 0.231. The van der Waals surface area contributed by atoms with E-state index < -0.39 is 0 Å². The maximum atomic E-state index is 11.9. The number of benzene rings is 1. The molecule has 0 spiro atoms. The van der Waals surface area contributed by atoms with Crippen LogP contribution >= 0.6 is 27.5 Å². The van der Waals surface area contributed by atoms with Crippen molar-refractivity contribution in [2.75, 3.05) is 6.54 Å². The van der Waals surface area contributed by atoms with Gasteiger partial charge in [-0.3, -0.25) is 4.79 Å². The molecule has 6 heteroatoms. The molecule has 0 bridgehead atoms. The number of amides is 1. The van der Waals surface area contributed by atoms with Crippen LogP contribution in [0.3, 0.4) is 0 Å². The second kappa shape index (κ2) is 6.21. The van der Waals surface area contributed by atoms with Gasteiger partial charge in [-0.15, -0.1) is 0 Å². The first-order chi connectivity index (χ1) is 9.06. The molecule has 1 aromatic heterocycles. The third kappa shape index (κ3) is 3.81. The minimum absolute atomic E-state index is 0.141. The second-order valence-electron chi connectivity index (χ2n) is 4.06. The number of nitrogens with one attached hydrogen (secondary N) is 1. The van der Waals surface area contributed by atoms with E-state index in [1.54, 1.807) is 18.2 Å². The fourth-order valence-electron chi connectivity index (χ4n) is 1.58. The SMILES string of the molecule is Cc1cc(CCNC(=O)c2ccc(Cl)c(Br)c2)no1. The van der Waals surface area contributed by atoms with Crippen LogP contribution in [0.1, 0.15) is 21.8 Å². The largest absolute Gasteiger partial charge is 0.361 e. The summed E-state index contributed by atoms with van der Waals surface area (Å²) in [5, 5.41) is 7.26. The summed E-state index contributed by atoms with van der Waals surface area (Å²) in [6, 6.07) is 6.91. The van der Waals surface area contributed by atoms with Gasteiger partial charge in [0.15, 0.2) is 0 Å². The van der Waals surface area contributed by atoms with Crippen molar-refractivity contribution in [3.05, 3.63) is 50.8 Å². The molecule has 0 aliphatic carbocycles. The topological polar surface area (TPSA) is 55.1 Å². The number of aryl methyl sites for hydroxylation is 1. The van der Waals surface area contributed by atoms with Crippen LogP contribution in [0, 0.1) is 6.92 Å². The summed E-state index contributed by atoms with van der Waals surface area (Å²) < 4.78 is 5.65. The highest BCUT2D eigenvalue weighted by molar-refractivity contribution is 9.10. The van der Waals surface area contributed by atoms with Gasteiger partial charge >= 0.3 is 0 Å². The van der Waals surface area contributed by atoms with Crippen LogP contribution in [-0.4, -0.2) is 17.6 Å². The zero-order valence-corrected chi connectivity index (χ0v) is 12.6. The van der Waals surface area contributed by atoms with E-state index in [0.717, 1.165) is 11.5 Å². The van der Waals surface area contributed by atoms with Crippen LogP contribution in [-0.2, 0) is 6.42 Å². The van der Waals surface area contributed by atoms with Crippen molar-refractivity contribution in [1.29, 1.82) is 0 Å². The quantitative estimate of drug-likeness (QED) is 0.926. The third-order valence-corrected chi connectivity index (χ3v) is 3.74. The molecular weight excluding hydrogens is 332 g/mol. The van der Waals surface area contributed by atoms with Crippen molar-refractivity contribution in [3.63, 3.8) is 0 Å². The molecule has 0 aliphatic rings. The average Bonchev–Trinajstić information content (AvgIpc) is 2.78. The van der Waals surface area contributed by atoms with E-state index in [1.807, 2.05) is 13.0 Å². The Labute approximate surface area is 124 Å². The van der Waals surface area contributed by atoms with Gasteiger partial charge in [-0.2, -0.15) is 0 Å². The molecule has 0 fully saturated rings. The highest BCUT2D eigenvalue weighted by Crippen LogP contribution is 2.23. The molecule has 2 aromatic rings. The van der Waals surface area contributed by atoms with Crippen LogP contribution in [0.5, 0.6) is 0 Å². The van der Waals surface area contributed by atoms with Crippen molar-refractivity contribution >= 4 is 33.4 Å². The molecule has 19 heavy (non-hydrogen) atoms. The summed E-state index contributed by atoms with van der Waals surface area (Å²) in [5.74, 6) is 0.626. The molecule has 0 atom stereocenters. The van der Waals surface area contributed by atoms with Gasteiger partial charge in [0.1, 0.15) is 5.76 Å². The van der Waals surface area contributed by atoms with Crippen LogP contribution < -0.4 is 5.32 Å². The molecule has 1 N–H and O–H groups in total. The highest BCUT2D eigenvalue weighted by Gasteiger charge is 2.08. The lowest BCUT2D eigenvalue weighted by molar-refractivity contribution is 0.0954. The average molecular weight is 344 g/mol. The Bertz CT molecular complexity index is 598. The fourth-order valence-corrected chi connectivity index (χ4v) is 2.08. The Kier molecular flexibility index (Phi) is 4.61. The van der Waals surface area contributed by atoms with Gasteiger partial charge in [-0.25, -0.2) is 0 Å². The molecule has 0 saturated heterocycles. The monoisotopic (exact) mass is 342 g/mol. The third-order valence-electron chi connectivity index (χ3n) is 2.53. The molecule has 0 saturated carbocycles. The van der Waals surface area contributed by atoms with Crippen LogP contribution in [0.15, 0.2) is 33.3 Å². The number of nitrogens with zero attached hydrogens (tertiary/aromatic N) is 1. The van der Waals surface area contributed by atoms with Gasteiger partial charge in [0, 0.05) is 29.1 Å². The number of rotatable bonds is 4. The Morgan fingerprint density at radius 2 is 2.26 bits per heavy atom. The number of hydrogen-bond acceptors (Lipinski definition) is 3. The molecule has 2 rings (SSSR count). The molecule has 1 heterocycles. The van der Waals surface area contributed by atoms with Crippen molar-refractivity contribution in [2.45, 2.75) is 13.3 Å². The van der Waals surface area contributed by atoms with E-state index in [1.165, 1.54) is 0 Å². The summed E-state index contributed by atoms with van der Waals surface area (Å²) in [4.78, 5) is 11.9. The van der Waals surface area contributed by atoms with Gasteiger partial charge in [-0.05, 0) is 41.1 Å².